The van der Waals surface area contributed by atoms with Gasteiger partial charge in [0, 0.05) is 17.7 Å². The van der Waals surface area contributed by atoms with Gasteiger partial charge in [0.1, 0.15) is 17.2 Å². The highest BCUT2D eigenvalue weighted by molar-refractivity contribution is 7.85. The van der Waals surface area contributed by atoms with E-state index in [1.807, 2.05) is 68.7 Å². The predicted octanol–water partition coefficient (Wildman–Crippen LogP) is 4.89. The number of nitrogens with zero attached hydrogens (tertiary/aromatic N) is 2. The largest absolute Gasteiger partial charge is 0.744 e. The number of pyridine rings is 1. The van der Waals surface area contributed by atoms with E-state index < -0.39 is 10.1 Å². The Morgan fingerprint density at radius 3 is 2.24 bits per heavy atom. The molecular formula is C26H22N2O4S. The van der Waals surface area contributed by atoms with Crippen molar-refractivity contribution in [2.75, 3.05) is 0 Å². The zero-order chi connectivity index (χ0) is 23.4. The fourth-order valence-electron chi connectivity index (χ4n) is 3.39. The van der Waals surface area contributed by atoms with Crippen LogP contribution in [-0.4, -0.2) is 18.0 Å². The first-order valence-electron chi connectivity index (χ1n) is 10.2. The predicted molar refractivity (Wildman–Crippen MR) is 125 cm³/mol. The van der Waals surface area contributed by atoms with Crippen LogP contribution >= 0.6 is 0 Å². The van der Waals surface area contributed by atoms with E-state index in [4.69, 9.17) is 4.42 Å². The Bertz CT molecular complexity index is 1490. The lowest BCUT2D eigenvalue weighted by molar-refractivity contribution is -0.644. The molecule has 0 fully saturated rings. The van der Waals surface area contributed by atoms with E-state index >= 15 is 0 Å². The fourth-order valence-corrected chi connectivity index (χ4v) is 3.86. The van der Waals surface area contributed by atoms with Crippen molar-refractivity contribution in [3.63, 3.8) is 0 Å². The summed E-state index contributed by atoms with van der Waals surface area (Å²) in [6, 6.07) is 26.1. The van der Waals surface area contributed by atoms with Crippen LogP contribution in [0.2, 0.25) is 0 Å². The smallest absolute Gasteiger partial charge is 0.227 e. The standard InChI is InChI=1S/C19H15N2O.C7H8O3S/c1-21-12-11-16(15-9-5-6-10-17(15)21)19-20-13-18(22-19)14-7-3-2-4-8-14;1-6-2-4-7(5-3-6)11(8,9)10/h2-13H,1H3;2-5H,1H3,(H,8,9,10)/q+1;/p-1. The van der Waals surface area contributed by atoms with Crippen LogP contribution < -0.4 is 4.57 Å². The topological polar surface area (TPSA) is 87.1 Å². The number of rotatable bonds is 3. The van der Waals surface area contributed by atoms with E-state index in [1.165, 1.54) is 12.1 Å². The van der Waals surface area contributed by atoms with E-state index in [2.05, 4.69) is 21.7 Å². The molecule has 0 aliphatic carbocycles. The van der Waals surface area contributed by atoms with E-state index in [0.717, 1.165) is 33.4 Å². The number of hydrogen-bond donors (Lipinski definition) is 0. The molecule has 0 unspecified atom stereocenters. The first kappa shape index (κ1) is 22.4. The SMILES string of the molecule is C[n+]1ccc(-c2ncc(-c3ccccc3)o2)c2ccccc21.Cc1ccc(S(=O)(=O)[O-])cc1. The first-order chi connectivity index (χ1) is 15.8. The lowest BCUT2D eigenvalue weighted by Crippen LogP contribution is -2.28. The first-order valence-corrected chi connectivity index (χ1v) is 11.7. The van der Waals surface area contributed by atoms with Crippen molar-refractivity contribution in [2.24, 2.45) is 7.05 Å². The van der Waals surface area contributed by atoms with Crippen LogP contribution in [0.5, 0.6) is 0 Å². The van der Waals surface area contributed by atoms with Crippen molar-refractivity contribution in [3.8, 4) is 22.8 Å². The van der Waals surface area contributed by atoms with Crippen molar-refractivity contribution in [1.82, 2.24) is 4.98 Å². The number of para-hydroxylation sites is 1. The van der Waals surface area contributed by atoms with Gasteiger partial charge in [-0.05, 0) is 25.1 Å². The number of benzene rings is 3. The molecule has 0 saturated carbocycles. The van der Waals surface area contributed by atoms with Crippen LogP contribution in [0, 0.1) is 6.92 Å². The summed E-state index contributed by atoms with van der Waals surface area (Å²) in [5.74, 6) is 1.43. The van der Waals surface area contributed by atoms with Gasteiger partial charge in [-0.25, -0.2) is 18.0 Å². The molecule has 0 spiro atoms. The van der Waals surface area contributed by atoms with E-state index in [9.17, 15) is 13.0 Å². The van der Waals surface area contributed by atoms with Crippen LogP contribution in [0.4, 0.5) is 0 Å². The molecule has 0 radical (unpaired) electrons. The summed E-state index contributed by atoms with van der Waals surface area (Å²) < 4.78 is 39.2. The second-order valence-corrected chi connectivity index (χ2v) is 8.90. The second kappa shape index (κ2) is 9.36. The summed E-state index contributed by atoms with van der Waals surface area (Å²) in [4.78, 5) is 4.29. The quantitative estimate of drug-likeness (QED) is 0.284. The molecule has 166 valence electrons. The van der Waals surface area contributed by atoms with E-state index in [-0.39, 0.29) is 4.90 Å². The monoisotopic (exact) mass is 458 g/mol. The van der Waals surface area contributed by atoms with Crippen molar-refractivity contribution < 1.29 is 22.0 Å². The highest BCUT2D eigenvalue weighted by Gasteiger charge is 2.15. The Labute approximate surface area is 192 Å². The van der Waals surface area contributed by atoms with Gasteiger partial charge in [0.2, 0.25) is 11.4 Å². The number of aromatic nitrogens is 2. The van der Waals surface area contributed by atoms with Crippen LogP contribution in [0.25, 0.3) is 33.7 Å². The Kier molecular flexibility index (Phi) is 6.35. The lowest BCUT2D eigenvalue weighted by Gasteiger charge is -2.05. The Hall–Kier alpha value is -3.81. The van der Waals surface area contributed by atoms with Gasteiger partial charge < -0.3 is 8.97 Å². The molecule has 0 saturated heterocycles. The molecule has 33 heavy (non-hydrogen) atoms. The van der Waals surface area contributed by atoms with Crippen LogP contribution in [0.3, 0.4) is 0 Å². The maximum atomic E-state index is 10.4. The van der Waals surface area contributed by atoms with Crippen molar-refractivity contribution in [3.05, 3.63) is 103 Å². The highest BCUT2D eigenvalue weighted by Crippen LogP contribution is 2.29. The third-order valence-electron chi connectivity index (χ3n) is 5.14. The number of oxazole rings is 1. The summed E-state index contributed by atoms with van der Waals surface area (Å²) in [6.45, 7) is 1.82. The van der Waals surface area contributed by atoms with Gasteiger partial charge in [-0.1, -0.05) is 60.2 Å². The molecule has 0 N–H and O–H groups in total. The third kappa shape index (κ3) is 5.16. The molecular weight excluding hydrogens is 436 g/mol. The van der Waals surface area contributed by atoms with Gasteiger partial charge in [0.25, 0.3) is 0 Å². The molecule has 0 atom stereocenters. The van der Waals surface area contributed by atoms with Crippen LogP contribution in [0.1, 0.15) is 5.56 Å². The molecule has 0 bridgehead atoms. The fraction of sp³-hybridized carbons (Fsp3) is 0.0769. The van der Waals surface area contributed by atoms with Gasteiger partial charge in [-0.15, -0.1) is 0 Å². The molecule has 3 aromatic carbocycles. The third-order valence-corrected chi connectivity index (χ3v) is 5.99. The molecule has 5 aromatic rings. The Morgan fingerprint density at radius 2 is 1.55 bits per heavy atom. The maximum Gasteiger partial charge on any atom is 0.227 e. The van der Waals surface area contributed by atoms with E-state index in [1.54, 1.807) is 18.3 Å². The zero-order valence-corrected chi connectivity index (χ0v) is 19.0. The molecule has 6 nitrogen and oxygen atoms in total. The highest BCUT2D eigenvalue weighted by atomic mass is 32.2. The maximum absolute atomic E-state index is 10.4. The number of fused-ring (bicyclic) bond motifs is 1. The Balaban J connectivity index is 0.000000200. The van der Waals surface area contributed by atoms with E-state index in [0.29, 0.717) is 5.89 Å². The summed E-state index contributed by atoms with van der Waals surface area (Å²) in [5, 5.41) is 1.13. The summed E-state index contributed by atoms with van der Waals surface area (Å²) in [6.07, 6.45) is 3.82. The van der Waals surface area contributed by atoms with Gasteiger partial charge in [0.05, 0.1) is 22.0 Å². The minimum absolute atomic E-state index is 0.178. The average molecular weight is 459 g/mol. The zero-order valence-electron chi connectivity index (χ0n) is 18.2. The summed E-state index contributed by atoms with van der Waals surface area (Å²) in [5.41, 5.74) is 4.12. The van der Waals surface area contributed by atoms with Crippen molar-refractivity contribution >= 4 is 21.0 Å². The molecule has 2 aromatic heterocycles. The summed E-state index contributed by atoms with van der Waals surface area (Å²) >= 11 is 0. The normalized spacial score (nSPS) is 11.1. The average Bonchev–Trinajstić information content (AvgIpc) is 3.30. The minimum atomic E-state index is -4.27. The molecule has 0 aliphatic heterocycles. The van der Waals surface area contributed by atoms with Crippen LogP contribution in [0.15, 0.2) is 107 Å². The van der Waals surface area contributed by atoms with Crippen molar-refractivity contribution in [2.45, 2.75) is 11.8 Å². The van der Waals surface area contributed by atoms with Gasteiger partial charge in [0.15, 0.2) is 12.0 Å². The van der Waals surface area contributed by atoms with Crippen LogP contribution in [-0.2, 0) is 17.2 Å². The molecule has 2 heterocycles. The number of aryl methyl sites for hydroxylation is 2. The molecule has 0 amide bonds. The van der Waals surface area contributed by atoms with Crippen molar-refractivity contribution in [1.29, 1.82) is 0 Å². The Morgan fingerprint density at radius 1 is 0.879 bits per heavy atom. The molecule has 5 rings (SSSR count). The summed E-state index contributed by atoms with van der Waals surface area (Å²) in [7, 11) is -2.23. The lowest BCUT2D eigenvalue weighted by atomic mass is 10.1. The number of hydrogen-bond acceptors (Lipinski definition) is 5. The second-order valence-electron chi connectivity index (χ2n) is 7.52. The molecule has 0 aliphatic rings. The minimum Gasteiger partial charge on any atom is -0.744 e. The van der Waals surface area contributed by atoms with Gasteiger partial charge in [-0.2, -0.15) is 0 Å². The van der Waals surface area contributed by atoms with Gasteiger partial charge in [-0.3, -0.25) is 0 Å². The van der Waals surface area contributed by atoms with Gasteiger partial charge >= 0.3 is 0 Å². The molecule has 7 heteroatoms.